The first-order chi connectivity index (χ1) is 10.7. The number of hydrogen-bond donors (Lipinski definition) is 1. The molecular formula is C15H19F2NO4S. The molecule has 2 atom stereocenters. The van der Waals surface area contributed by atoms with Gasteiger partial charge in [-0.25, -0.2) is 17.2 Å². The molecule has 1 aliphatic rings. The number of sulfone groups is 1. The van der Waals surface area contributed by atoms with Gasteiger partial charge in [0.25, 0.3) is 0 Å². The third-order valence-corrected chi connectivity index (χ3v) is 5.92. The van der Waals surface area contributed by atoms with Gasteiger partial charge < -0.3 is 10.0 Å². The van der Waals surface area contributed by atoms with Crippen molar-refractivity contribution in [1.82, 2.24) is 4.90 Å². The lowest BCUT2D eigenvalue weighted by Gasteiger charge is -2.16. The standard InChI is InChI=1S/C15H19F2NO4S/c1-2-23(21,22)6-5-18-8-12(13(9-18)15(19)20)11-4-3-10(16)7-14(11)17/h3-4,7,12-13H,2,5-6,8-9H2,1H3,(H,19,20)/t12-,13+/m1/s1. The fourth-order valence-electron chi connectivity index (χ4n) is 2.85. The molecular weight excluding hydrogens is 328 g/mol. The third-order valence-electron chi connectivity index (χ3n) is 4.23. The molecule has 0 bridgehead atoms. The van der Waals surface area contributed by atoms with Gasteiger partial charge in [0.1, 0.15) is 11.6 Å². The van der Waals surface area contributed by atoms with Crippen molar-refractivity contribution in [1.29, 1.82) is 0 Å². The van der Waals surface area contributed by atoms with E-state index in [0.717, 1.165) is 12.1 Å². The minimum atomic E-state index is -3.15. The average Bonchev–Trinajstić information content (AvgIpc) is 2.89. The van der Waals surface area contributed by atoms with Crippen LogP contribution >= 0.6 is 0 Å². The van der Waals surface area contributed by atoms with Gasteiger partial charge in [-0.3, -0.25) is 4.79 Å². The van der Waals surface area contributed by atoms with Crippen molar-refractivity contribution in [3.63, 3.8) is 0 Å². The van der Waals surface area contributed by atoms with E-state index in [2.05, 4.69) is 0 Å². The smallest absolute Gasteiger partial charge is 0.308 e. The Labute approximate surface area is 133 Å². The summed E-state index contributed by atoms with van der Waals surface area (Å²) in [5, 5.41) is 9.34. The Morgan fingerprint density at radius 2 is 2.04 bits per heavy atom. The van der Waals surface area contributed by atoms with Crippen LogP contribution < -0.4 is 0 Å². The van der Waals surface area contributed by atoms with E-state index in [9.17, 15) is 27.1 Å². The number of carbonyl (C=O) groups is 1. The van der Waals surface area contributed by atoms with Crippen LogP contribution in [0.1, 0.15) is 18.4 Å². The van der Waals surface area contributed by atoms with Crippen LogP contribution in [0.5, 0.6) is 0 Å². The average molecular weight is 347 g/mol. The zero-order valence-corrected chi connectivity index (χ0v) is 13.5. The second-order valence-electron chi connectivity index (χ2n) is 5.71. The van der Waals surface area contributed by atoms with Crippen LogP contribution in [0.4, 0.5) is 8.78 Å². The molecule has 1 N–H and O–H groups in total. The van der Waals surface area contributed by atoms with Gasteiger partial charge in [0.2, 0.25) is 0 Å². The van der Waals surface area contributed by atoms with Crippen molar-refractivity contribution < 1.29 is 27.1 Å². The van der Waals surface area contributed by atoms with E-state index in [4.69, 9.17) is 0 Å². The summed E-state index contributed by atoms with van der Waals surface area (Å²) in [7, 11) is -3.15. The molecule has 1 aliphatic heterocycles. The Morgan fingerprint density at radius 1 is 1.35 bits per heavy atom. The van der Waals surface area contributed by atoms with E-state index < -0.39 is 39.3 Å². The first kappa shape index (κ1) is 17.8. The summed E-state index contributed by atoms with van der Waals surface area (Å²) in [5.74, 6) is -4.07. The molecule has 0 unspecified atom stereocenters. The van der Waals surface area contributed by atoms with Gasteiger partial charge in [0, 0.05) is 37.4 Å². The van der Waals surface area contributed by atoms with E-state index in [1.807, 2.05) is 0 Å². The molecule has 0 saturated carbocycles. The van der Waals surface area contributed by atoms with Crippen LogP contribution in [0, 0.1) is 17.6 Å². The highest BCUT2D eigenvalue weighted by atomic mass is 32.2. The van der Waals surface area contributed by atoms with Crippen LogP contribution in [-0.2, 0) is 14.6 Å². The second kappa shape index (κ2) is 6.92. The molecule has 0 amide bonds. The third kappa shape index (κ3) is 4.26. The van der Waals surface area contributed by atoms with Gasteiger partial charge >= 0.3 is 5.97 Å². The first-order valence-corrected chi connectivity index (χ1v) is 9.16. The molecule has 128 valence electrons. The first-order valence-electron chi connectivity index (χ1n) is 7.34. The Kier molecular flexibility index (Phi) is 5.36. The van der Waals surface area contributed by atoms with Crippen LogP contribution in [-0.4, -0.2) is 55.5 Å². The molecule has 0 spiro atoms. The minimum Gasteiger partial charge on any atom is -0.481 e. The second-order valence-corrected chi connectivity index (χ2v) is 8.19. The minimum absolute atomic E-state index is 0.0270. The van der Waals surface area contributed by atoms with Crippen molar-refractivity contribution in [3.05, 3.63) is 35.4 Å². The number of rotatable bonds is 6. The lowest BCUT2D eigenvalue weighted by atomic mass is 9.88. The molecule has 1 aromatic rings. The SMILES string of the molecule is CCS(=O)(=O)CCN1C[C@H](C(=O)O)[C@@H](c2ccc(F)cc2F)C1. The van der Waals surface area contributed by atoms with Gasteiger partial charge in [0.05, 0.1) is 11.7 Å². The van der Waals surface area contributed by atoms with Crippen LogP contribution in [0.25, 0.3) is 0 Å². The number of carboxylic acids is 1. The number of carboxylic acid groups (broad SMARTS) is 1. The number of nitrogens with zero attached hydrogens (tertiary/aromatic N) is 1. The van der Waals surface area contributed by atoms with Crippen LogP contribution in [0.3, 0.4) is 0 Å². The maximum atomic E-state index is 13.9. The Bertz CT molecular complexity index is 693. The van der Waals surface area contributed by atoms with Crippen LogP contribution in [0.15, 0.2) is 18.2 Å². The lowest BCUT2D eigenvalue weighted by molar-refractivity contribution is -0.141. The fourth-order valence-corrected chi connectivity index (χ4v) is 3.67. The summed E-state index contributed by atoms with van der Waals surface area (Å²) in [5.41, 5.74) is 0.152. The highest BCUT2D eigenvalue weighted by molar-refractivity contribution is 7.91. The predicted molar refractivity (Wildman–Crippen MR) is 81.0 cm³/mol. The van der Waals surface area contributed by atoms with Crippen molar-refractivity contribution in [2.24, 2.45) is 5.92 Å². The zero-order chi connectivity index (χ0) is 17.2. The maximum absolute atomic E-state index is 13.9. The largest absolute Gasteiger partial charge is 0.481 e. The number of hydrogen-bond acceptors (Lipinski definition) is 4. The Balaban J connectivity index is 2.17. The summed E-state index contributed by atoms with van der Waals surface area (Å²) >= 11 is 0. The van der Waals surface area contributed by atoms with Gasteiger partial charge in [-0.15, -0.1) is 0 Å². The molecule has 0 aromatic heterocycles. The summed E-state index contributed by atoms with van der Waals surface area (Å²) in [4.78, 5) is 13.1. The van der Waals surface area contributed by atoms with E-state index >= 15 is 0 Å². The molecule has 23 heavy (non-hydrogen) atoms. The monoisotopic (exact) mass is 347 g/mol. The van der Waals surface area contributed by atoms with E-state index in [-0.39, 0.29) is 36.7 Å². The van der Waals surface area contributed by atoms with Crippen molar-refractivity contribution >= 4 is 15.8 Å². The summed E-state index contributed by atoms with van der Waals surface area (Å²) in [6.45, 7) is 2.14. The molecule has 2 rings (SSSR count). The Hall–Kier alpha value is -1.54. The molecule has 5 nitrogen and oxygen atoms in total. The number of benzene rings is 1. The van der Waals surface area contributed by atoms with E-state index in [1.165, 1.54) is 6.07 Å². The zero-order valence-electron chi connectivity index (χ0n) is 12.7. The van der Waals surface area contributed by atoms with Crippen molar-refractivity contribution in [3.8, 4) is 0 Å². The quantitative estimate of drug-likeness (QED) is 0.844. The fraction of sp³-hybridized carbons (Fsp3) is 0.533. The van der Waals surface area contributed by atoms with Crippen molar-refractivity contribution in [2.45, 2.75) is 12.8 Å². The Morgan fingerprint density at radius 3 is 2.61 bits per heavy atom. The van der Waals surface area contributed by atoms with Crippen LogP contribution in [0.2, 0.25) is 0 Å². The molecule has 0 radical (unpaired) electrons. The van der Waals surface area contributed by atoms with Gasteiger partial charge in [0.15, 0.2) is 9.84 Å². The van der Waals surface area contributed by atoms with Gasteiger partial charge in [-0.1, -0.05) is 13.0 Å². The molecule has 8 heteroatoms. The summed E-state index contributed by atoms with van der Waals surface area (Å²) < 4.78 is 50.1. The molecule has 0 aliphatic carbocycles. The lowest BCUT2D eigenvalue weighted by Crippen LogP contribution is -2.29. The maximum Gasteiger partial charge on any atom is 0.308 e. The van der Waals surface area contributed by atoms with Gasteiger partial charge in [-0.05, 0) is 11.6 Å². The number of likely N-dealkylation sites (tertiary alicyclic amines) is 1. The van der Waals surface area contributed by atoms with Crippen molar-refractivity contribution in [2.75, 3.05) is 31.1 Å². The highest BCUT2D eigenvalue weighted by Gasteiger charge is 2.39. The number of halogens is 2. The molecule has 1 saturated heterocycles. The summed E-state index contributed by atoms with van der Waals surface area (Å²) in [6, 6.07) is 3.09. The summed E-state index contributed by atoms with van der Waals surface area (Å²) in [6.07, 6.45) is 0. The molecule has 1 aromatic carbocycles. The molecule has 1 heterocycles. The predicted octanol–water partition coefficient (Wildman–Crippen LogP) is 1.50. The normalized spacial score (nSPS) is 22.4. The number of aliphatic carboxylic acids is 1. The molecule has 1 fully saturated rings. The highest BCUT2D eigenvalue weighted by Crippen LogP contribution is 2.34. The van der Waals surface area contributed by atoms with E-state index in [0.29, 0.717) is 0 Å². The topological polar surface area (TPSA) is 74.7 Å². The van der Waals surface area contributed by atoms with E-state index in [1.54, 1.807) is 11.8 Å². The van der Waals surface area contributed by atoms with Gasteiger partial charge in [-0.2, -0.15) is 0 Å².